The first kappa shape index (κ1) is 15.0. The minimum Gasteiger partial charge on any atom is -0.479 e. The highest BCUT2D eigenvalue weighted by Crippen LogP contribution is 2.35. The third-order valence-electron chi connectivity index (χ3n) is 4.33. The maximum Gasteiger partial charge on any atom is 0.329 e. The number of hydrogen-bond acceptors (Lipinski definition) is 3. The minimum absolute atomic E-state index is 0.125. The second-order valence-corrected chi connectivity index (χ2v) is 6.55. The van der Waals surface area contributed by atoms with E-state index in [0.29, 0.717) is 24.3 Å². The van der Waals surface area contributed by atoms with Gasteiger partial charge in [-0.2, -0.15) is 0 Å². The van der Waals surface area contributed by atoms with Crippen molar-refractivity contribution in [2.24, 2.45) is 0 Å². The second-order valence-electron chi connectivity index (χ2n) is 5.30. The predicted octanol–water partition coefficient (Wildman–Crippen LogP) is 3.09. The van der Waals surface area contributed by atoms with Crippen molar-refractivity contribution in [3.05, 3.63) is 21.4 Å². The average Bonchev–Trinajstić information content (AvgIpc) is 3.01. The molecule has 0 radical (unpaired) electrons. The first-order chi connectivity index (χ1) is 9.46. The summed E-state index contributed by atoms with van der Waals surface area (Å²) in [6, 6.07) is 1.92. The molecule has 0 spiro atoms. The van der Waals surface area contributed by atoms with E-state index in [1.807, 2.05) is 19.9 Å². The third kappa shape index (κ3) is 2.24. The molecule has 1 aromatic heterocycles. The second kappa shape index (κ2) is 5.56. The van der Waals surface area contributed by atoms with E-state index >= 15 is 0 Å². The summed E-state index contributed by atoms with van der Waals surface area (Å²) in [5, 5.41) is 9.55. The van der Waals surface area contributed by atoms with Gasteiger partial charge in [0.1, 0.15) is 5.54 Å². The molecule has 0 aromatic carbocycles. The highest BCUT2D eigenvalue weighted by atomic mass is 32.1. The van der Waals surface area contributed by atoms with Gasteiger partial charge >= 0.3 is 5.97 Å². The van der Waals surface area contributed by atoms with Crippen molar-refractivity contribution in [2.45, 2.75) is 52.0 Å². The van der Waals surface area contributed by atoms with E-state index in [4.69, 9.17) is 0 Å². The predicted molar refractivity (Wildman–Crippen MR) is 79.4 cm³/mol. The van der Waals surface area contributed by atoms with Crippen LogP contribution in [0.5, 0.6) is 0 Å². The number of aryl methyl sites for hydroxylation is 2. The highest BCUT2D eigenvalue weighted by Gasteiger charge is 2.48. The molecule has 110 valence electrons. The van der Waals surface area contributed by atoms with Gasteiger partial charge in [-0.1, -0.05) is 13.8 Å². The fraction of sp³-hybridized carbons (Fsp3) is 0.600. The largest absolute Gasteiger partial charge is 0.479 e. The number of nitrogens with zero attached hydrogens (tertiary/aromatic N) is 1. The van der Waals surface area contributed by atoms with E-state index in [1.54, 1.807) is 4.90 Å². The van der Waals surface area contributed by atoms with Crippen molar-refractivity contribution in [2.75, 3.05) is 6.54 Å². The molecule has 1 aromatic rings. The molecule has 1 atom stereocenters. The SMILES string of the molecule is CCc1cc(C(=O)N2CCCC2(CC)C(=O)O)sc1C. The first-order valence-electron chi connectivity index (χ1n) is 7.11. The van der Waals surface area contributed by atoms with Gasteiger partial charge in [-0.05, 0) is 44.2 Å². The fourth-order valence-corrected chi connectivity index (χ4v) is 4.09. The highest BCUT2D eigenvalue weighted by molar-refractivity contribution is 7.14. The van der Waals surface area contributed by atoms with E-state index in [0.717, 1.165) is 17.7 Å². The lowest BCUT2D eigenvalue weighted by Crippen LogP contribution is -2.52. The van der Waals surface area contributed by atoms with Crippen molar-refractivity contribution in [3.63, 3.8) is 0 Å². The molecular weight excluding hydrogens is 274 g/mol. The van der Waals surface area contributed by atoms with Gasteiger partial charge in [-0.15, -0.1) is 11.3 Å². The maximum atomic E-state index is 12.7. The smallest absolute Gasteiger partial charge is 0.329 e. The van der Waals surface area contributed by atoms with Crippen molar-refractivity contribution in [3.8, 4) is 0 Å². The van der Waals surface area contributed by atoms with Crippen molar-refractivity contribution in [1.82, 2.24) is 4.90 Å². The van der Waals surface area contributed by atoms with Crippen LogP contribution in [0.4, 0.5) is 0 Å². The quantitative estimate of drug-likeness (QED) is 0.928. The van der Waals surface area contributed by atoms with Gasteiger partial charge < -0.3 is 10.0 Å². The number of carbonyl (C=O) groups excluding carboxylic acids is 1. The van der Waals surface area contributed by atoms with Crippen LogP contribution in [0.25, 0.3) is 0 Å². The molecule has 1 saturated heterocycles. The molecule has 1 N–H and O–H groups in total. The minimum atomic E-state index is -1.01. The molecule has 5 heteroatoms. The molecular formula is C15H21NO3S. The van der Waals surface area contributed by atoms with Crippen LogP contribution in [0.3, 0.4) is 0 Å². The number of rotatable bonds is 4. The van der Waals surface area contributed by atoms with Crippen molar-refractivity contribution < 1.29 is 14.7 Å². The van der Waals surface area contributed by atoms with Crippen LogP contribution in [-0.2, 0) is 11.2 Å². The monoisotopic (exact) mass is 295 g/mol. The van der Waals surface area contributed by atoms with Crippen LogP contribution >= 0.6 is 11.3 Å². The average molecular weight is 295 g/mol. The topological polar surface area (TPSA) is 57.6 Å². The Hall–Kier alpha value is -1.36. The number of aliphatic carboxylic acids is 1. The molecule has 2 heterocycles. The Labute approximate surface area is 123 Å². The molecule has 0 aliphatic carbocycles. The lowest BCUT2D eigenvalue weighted by molar-refractivity contribution is -0.148. The number of amides is 1. The van der Waals surface area contributed by atoms with E-state index in [1.165, 1.54) is 16.9 Å². The van der Waals surface area contributed by atoms with Gasteiger partial charge in [-0.3, -0.25) is 4.79 Å². The van der Waals surface area contributed by atoms with Gasteiger partial charge in [0.2, 0.25) is 0 Å². The Morgan fingerprint density at radius 1 is 1.45 bits per heavy atom. The molecule has 20 heavy (non-hydrogen) atoms. The summed E-state index contributed by atoms with van der Waals surface area (Å²) >= 11 is 1.47. The summed E-state index contributed by atoms with van der Waals surface area (Å²) in [6.07, 6.45) is 2.67. The van der Waals surface area contributed by atoms with E-state index in [9.17, 15) is 14.7 Å². The molecule has 1 amide bonds. The summed E-state index contributed by atoms with van der Waals surface area (Å²) in [5.74, 6) is -1.01. The molecule has 1 fully saturated rings. The Morgan fingerprint density at radius 3 is 2.65 bits per heavy atom. The van der Waals surface area contributed by atoms with Gasteiger partial charge in [0, 0.05) is 11.4 Å². The molecule has 2 rings (SSSR count). The summed E-state index contributed by atoms with van der Waals surface area (Å²) in [7, 11) is 0. The number of hydrogen-bond donors (Lipinski definition) is 1. The Balaban J connectivity index is 2.34. The summed E-state index contributed by atoms with van der Waals surface area (Å²) < 4.78 is 0. The molecule has 4 nitrogen and oxygen atoms in total. The van der Waals surface area contributed by atoms with E-state index in [2.05, 4.69) is 6.92 Å². The zero-order valence-corrected chi connectivity index (χ0v) is 13.0. The standard InChI is InChI=1S/C15H21NO3S/c1-4-11-9-12(20-10(11)3)13(17)16-8-6-7-15(16,5-2)14(18)19/h9H,4-8H2,1-3H3,(H,18,19). The van der Waals surface area contributed by atoms with Crippen molar-refractivity contribution in [1.29, 1.82) is 0 Å². The Morgan fingerprint density at radius 2 is 2.15 bits per heavy atom. The Bertz CT molecular complexity index is 537. The van der Waals surface area contributed by atoms with Crippen LogP contribution in [-0.4, -0.2) is 34.0 Å². The summed E-state index contributed by atoms with van der Waals surface area (Å²) in [6.45, 7) is 6.45. The van der Waals surface area contributed by atoms with Crippen LogP contribution in [0.2, 0.25) is 0 Å². The molecule has 1 aliphatic heterocycles. The van der Waals surface area contributed by atoms with E-state index < -0.39 is 11.5 Å². The lowest BCUT2D eigenvalue weighted by atomic mass is 9.93. The molecule has 1 unspecified atom stereocenters. The van der Waals surface area contributed by atoms with Crippen LogP contribution in [0.1, 0.15) is 53.2 Å². The summed E-state index contributed by atoms with van der Waals surface area (Å²) in [5.41, 5.74) is 0.163. The number of carboxylic acid groups (broad SMARTS) is 1. The summed E-state index contributed by atoms with van der Waals surface area (Å²) in [4.78, 5) is 27.7. The van der Waals surface area contributed by atoms with Gasteiger partial charge in [-0.25, -0.2) is 4.79 Å². The van der Waals surface area contributed by atoms with Crippen LogP contribution in [0.15, 0.2) is 6.07 Å². The Kier molecular flexibility index (Phi) is 4.18. The maximum absolute atomic E-state index is 12.7. The third-order valence-corrected chi connectivity index (χ3v) is 5.41. The number of carboxylic acids is 1. The molecule has 0 saturated carbocycles. The van der Waals surface area contributed by atoms with Gasteiger partial charge in [0.15, 0.2) is 0 Å². The van der Waals surface area contributed by atoms with Crippen LogP contribution < -0.4 is 0 Å². The molecule has 1 aliphatic rings. The zero-order valence-electron chi connectivity index (χ0n) is 12.2. The number of thiophene rings is 1. The lowest BCUT2D eigenvalue weighted by Gasteiger charge is -2.33. The van der Waals surface area contributed by atoms with Crippen molar-refractivity contribution >= 4 is 23.2 Å². The number of carbonyl (C=O) groups is 2. The van der Waals surface area contributed by atoms with Gasteiger partial charge in [0.05, 0.1) is 4.88 Å². The normalized spacial score (nSPS) is 22.2. The first-order valence-corrected chi connectivity index (χ1v) is 7.92. The van der Waals surface area contributed by atoms with Gasteiger partial charge in [0.25, 0.3) is 5.91 Å². The zero-order chi connectivity index (χ0) is 14.9. The van der Waals surface area contributed by atoms with Crippen LogP contribution in [0, 0.1) is 6.92 Å². The van der Waals surface area contributed by atoms with E-state index in [-0.39, 0.29) is 5.91 Å². The number of likely N-dealkylation sites (tertiary alicyclic amines) is 1. The molecule has 0 bridgehead atoms. The fourth-order valence-electron chi connectivity index (χ4n) is 3.02.